The van der Waals surface area contributed by atoms with Crippen LogP contribution in [-0.4, -0.2) is 23.7 Å². The first-order chi connectivity index (χ1) is 9.72. The molecule has 1 aromatic rings. The van der Waals surface area contributed by atoms with E-state index in [9.17, 15) is 4.39 Å². The SMILES string of the molecule is CCCNC1CC2(CCCSC2)Oc2ccc(F)cc21. The van der Waals surface area contributed by atoms with Gasteiger partial charge in [0.1, 0.15) is 17.2 Å². The molecule has 2 heterocycles. The molecule has 0 aliphatic carbocycles. The Bertz CT molecular complexity index is 474. The summed E-state index contributed by atoms with van der Waals surface area (Å²) in [5.41, 5.74) is 0.929. The lowest BCUT2D eigenvalue weighted by molar-refractivity contribution is 0.0411. The first kappa shape index (κ1) is 14.2. The lowest BCUT2D eigenvalue weighted by atomic mass is 9.85. The van der Waals surface area contributed by atoms with Gasteiger partial charge in [-0.2, -0.15) is 11.8 Å². The zero-order valence-electron chi connectivity index (χ0n) is 12.0. The summed E-state index contributed by atoms with van der Waals surface area (Å²) in [6, 6.07) is 5.15. The summed E-state index contributed by atoms with van der Waals surface area (Å²) < 4.78 is 19.8. The van der Waals surface area contributed by atoms with E-state index in [0.29, 0.717) is 0 Å². The van der Waals surface area contributed by atoms with Crippen molar-refractivity contribution in [1.82, 2.24) is 5.32 Å². The Morgan fingerprint density at radius 3 is 3.15 bits per heavy atom. The van der Waals surface area contributed by atoms with Gasteiger partial charge in [-0.1, -0.05) is 6.92 Å². The van der Waals surface area contributed by atoms with Crippen LogP contribution in [0.1, 0.15) is 44.2 Å². The Kier molecular flexibility index (Phi) is 4.22. The molecule has 2 atom stereocenters. The number of hydrogen-bond donors (Lipinski definition) is 1. The highest BCUT2D eigenvalue weighted by molar-refractivity contribution is 7.99. The molecule has 4 heteroatoms. The standard InChI is InChI=1S/C16H22FNOS/c1-2-7-18-14-10-16(6-3-8-20-11-16)19-15-5-4-12(17)9-13(14)15/h4-5,9,14,18H,2-3,6-8,10-11H2,1H3. The summed E-state index contributed by atoms with van der Waals surface area (Å²) in [5, 5.41) is 3.57. The molecule has 110 valence electrons. The highest BCUT2D eigenvalue weighted by atomic mass is 32.2. The van der Waals surface area contributed by atoms with Crippen molar-refractivity contribution in [3.63, 3.8) is 0 Å². The van der Waals surface area contributed by atoms with E-state index in [0.717, 1.165) is 42.9 Å². The van der Waals surface area contributed by atoms with E-state index in [1.165, 1.54) is 18.2 Å². The quantitative estimate of drug-likeness (QED) is 0.913. The van der Waals surface area contributed by atoms with Gasteiger partial charge >= 0.3 is 0 Å². The van der Waals surface area contributed by atoms with Gasteiger partial charge in [-0.25, -0.2) is 4.39 Å². The number of rotatable bonds is 3. The third kappa shape index (κ3) is 2.82. The molecule has 20 heavy (non-hydrogen) atoms. The summed E-state index contributed by atoms with van der Waals surface area (Å²) in [5.74, 6) is 2.97. The van der Waals surface area contributed by atoms with Crippen molar-refractivity contribution in [3.8, 4) is 5.75 Å². The highest BCUT2D eigenvalue weighted by Crippen LogP contribution is 2.45. The molecule has 1 N–H and O–H groups in total. The van der Waals surface area contributed by atoms with Gasteiger partial charge in [0.2, 0.25) is 0 Å². The third-order valence-corrected chi connectivity index (χ3v) is 5.48. The normalized spacial score (nSPS) is 29.0. The van der Waals surface area contributed by atoms with E-state index in [2.05, 4.69) is 12.2 Å². The molecular formula is C16H22FNOS. The first-order valence-corrected chi connectivity index (χ1v) is 8.67. The van der Waals surface area contributed by atoms with Crippen LogP contribution in [0.4, 0.5) is 4.39 Å². The van der Waals surface area contributed by atoms with Gasteiger partial charge in [-0.3, -0.25) is 0 Å². The minimum Gasteiger partial charge on any atom is -0.486 e. The van der Waals surface area contributed by atoms with E-state index in [1.54, 1.807) is 12.1 Å². The summed E-state index contributed by atoms with van der Waals surface area (Å²) in [6.45, 7) is 3.12. The van der Waals surface area contributed by atoms with Crippen molar-refractivity contribution in [2.75, 3.05) is 18.1 Å². The average Bonchev–Trinajstić information content (AvgIpc) is 2.46. The number of fused-ring (bicyclic) bond motifs is 1. The molecule has 0 aromatic heterocycles. The fourth-order valence-electron chi connectivity index (χ4n) is 3.21. The Morgan fingerprint density at radius 1 is 1.50 bits per heavy atom. The van der Waals surface area contributed by atoms with Crippen molar-refractivity contribution in [1.29, 1.82) is 0 Å². The van der Waals surface area contributed by atoms with Gasteiger partial charge in [0.15, 0.2) is 0 Å². The van der Waals surface area contributed by atoms with Crippen LogP contribution in [0.15, 0.2) is 18.2 Å². The summed E-state index contributed by atoms with van der Waals surface area (Å²) >= 11 is 1.98. The molecular weight excluding hydrogens is 273 g/mol. The molecule has 1 saturated heterocycles. The molecule has 2 aliphatic heterocycles. The highest BCUT2D eigenvalue weighted by Gasteiger charge is 2.42. The van der Waals surface area contributed by atoms with E-state index >= 15 is 0 Å². The van der Waals surface area contributed by atoms with E-state index < -0.39 is 0 Å². The van der Waals surface area contributed by atoms with Crippen LogP contribution in [0.5, 0.6) is 5.75 Å². The summed E-state index contributed by atoms with van der Waals surface area (Å²) in [6.07, 6.45) is 4.36. The van der Waals surface area contributed by atoms with Crippen LogP contribution in [0, 0.1) is 5.82 Å². The predicted octanol–water partition coefficient (Wildman–Crippen LogP) is 3.91. The van der Waals surface area contributed by atoms with Gasteiger partial charge in [0.05, 0.1) is 0 Å². The second-order valence-corrected chi connectivity index (χ2v) is 6.94. The maximum absolute atomic E-state index is 13.5. The molecule has 2 unspecified atom stereocenters. The van der Waals surface area contributed by atoms with E-state index in [4.69, 9.17) is 4.74 Å². The van der Waals surface area contributed by atoms with Crippen molar-refractivity contribution in [3.05, 3.63) is 29.6 Å². The van der Waals surface area contributed by atoms with Gasteiger partial charge < -0.3 is 10.1 Å². The molecule has 3 rings (SSSR count). The van der Waals surface area contributed by atoms with Crippen LogP contribution >= 0.6 is 11.8 Å². The van der Waals surface area contributed by atoms with Crippen LogP contribution in [0.3, 0.4) is 0 Å². The molecule has 1 spiro atoms. The topological polar surface area (TPSA) is 21.3 Å². The molecule has 0 amide bonds. The lowest BCUT2D eigenvalue weighted by Gasteiger charge is -2.44. The van der Waals surface area contributed by atoms with E-state index in [1.807, 2.05) is 11.8 Å². The Labute approximate surface area is 124 Å². The van der Waals surface area contributed by atoms with Gasteiger partial charge in [-0.05, 0) is 49.8 Å². The number of thioether (sulfide) groups is 1. The van der Waals surface area contributed by atoms with Crippen LogP contribution in [-0.2, 0) is 0 Å². The number of hydrogen-bond acceptors (Lipinski definition) is 3. The number of halogens is 1. The van der Waals surface area contributed by atoms with Gasteiger partial charge in [0, 0.05) is 23.8 Å². The molecule has 2 aliphatic rings. The predicted molar refractivity (Wildman–Crippen MR) is 82.0 cm³/mol. The molecule has 0 bridgehead atoms. The maximum atomic E-state index is 13.5. The molecule has 0 saturated carbocycles. The summed E-state index contributed by atoms with van der Waals surface area (Å²) in [4.78, 5) is 0. The zero-order valence-corrected chi connectivity index (χ0v) is 12.8. The van der Waals surface area contributed by atoms with Crippen LogP contribution in [0.25, 0.3) is 0 Å². The monoisotopic (exact) mass is 295 g/mol. The molecule has 2 nitrogen and oxygen atoms in total. The van der Waals surface area contributed by atoms with Crippen molar-refractivity contribution in [2.45, 2.75) is 44.2 Å². The molecule has 1 aromatic carbocycles. The molecule has 1 fully saturated rings. The largest absolute Gasteiger partial charge is 0.486 e. The smallest absolute Gasteiger partial charge is 0.125 e. The minimum absolute atomic E-state index is 0.0564. The van der Waals surface area contributed by atoms with Gasteiger partial charge in [0.25, 0.3) is 0 Å². The zero-order chi connectivity index (χ0) is 14.0. The third-order valence-electron chi connectivity index (χ3n) is 4.18. The number of benzene rings is 1. The van der Waals surface area contributed by atoms with Crippen molar-refractivity contribution < 1.29 is 9.13 Å². The number of nitrogens with one attached hydrogen (secondary N) is 1. The van der Waals surface area contributed by atoms with Crippen molar-refractivity contribution in [2.24, 2.45) is 0 Å². The molecule has 0 radical (unpaired) electrons. The van der Waals surface area contributed by atoms with Crippen LogP contribution < -0.4 is 10.1 Å². The lowest BCUT2D eigenvalue weighted by Crippen LogP contribution is -2.47. The van der Waals surface area contributed by atoms with E-state index in [-0.39, 0.29) is 17.5 Å². The first-order valence-electron chi connectivity index (χ1n) is 7.52. The Morgan fingerprint density at radius 2 is 2.40 bits per heavy atom. The van der Waals surface area contributed by atoms with Crippen LogP contribution in [0.2, 0.25) is 0 Å². The Hall–Kier alpha value is -0.740. The second-order valence-electron chi connectivity index (χ2n) is 5.83. The summed E-state index contributed by atoms with van der Waals surface area (Å²) in [7, 11) is 0. The number of ether oxygens (including phenoxy) is 1. The van der Waals surface area contributed by atoms with Gasteiger partial charge in [-0.15, -0.1) is 0 Å². The second kappa shape index (κ2) is 5.94. The van der Waals surface area contributed by atoms with Crippen molar-refractivity contribution >= 4 is 11.8 Å². The average molecular weight is 295 g/mol. The maximum Gasteiger partial charge on any atom is 0.125 e. The Balaban J connectivity index is 1.90. The fourth-order valence-corrected chi connectivity index (χ4v) is 4.40. The minimum atomic E-state index is -0.176. The fraction of sp³-hybridized carbons (Fsp3) is 0.625.